The normalized spacial score (nSPS) is 13.6. The van der Waals surface area contributed by atoms with E-state index >= 15 is 0 Å². The lowest BCUT2D eigenvalue weighted by Crippen LogP contribution is -2.28. The van der Waals surface area contributed by atoms with E-state index in [1.54, 1.807) is 48.5 Å². The summed E-state index contributed by atoms with van der Waals surface area (Å²) in [7, 11) is -5.78. The minimum Gasteiger partial charge on any atom is -0.376 e. The Labute approximate surface area is 192 Å². The summed E-state index contributed by atoms with van der Waals surface area (Å²) < 4.78 is 64.4. The highest BCUT2D eigenvalue weighted by atomic mass is 35.5. The Morgan fingerprint density at radius 1 is 0.906 bits per heavy atom. The average molecular weight is 503 g/mol. The van der Waals surface area contributed by atoms with Crippen molar-refractivity contribution in [1.29, 1.82) is 0 Å². The molecule has 0 aliphatic heterocycles. The van der Waals surface area contributed by atoms with Crippen LogP contribution in [0.15, 0.2) is 77.9 Å². The van der Waals surface area contributed by atoms with Crippen LogP contribution in [0, 0.1) is 0 Å². The summed E-state index contributed by atoms with van der Waals surface area (Å²) in [5.41, 5.74) is -3.20. The first-order valence-electron chi connectivity index (χ1n) is 8.92. The molecule has 5 nitrogen and oxygen atoms in total. The molecule has 0 fully saturated rings. The molecule has 0 bridgehead atoms. The Hall–Kier alpha value is -2.75. The van der Waals surface area contributed by atoms with Gasteiger partial charge in [0.2, 0.25) is 0 Å². The quantitative estimate of drug-likeness (QED) is 0.154. The number of hydrogen-bond donors (Lipinski definition) is 1. The maximum Gasteiger partial charge on any atom is 0.534 e. The summed E-state index contributed by atoms with van der Waals surface area (Å²) in [5, 5.41) is 4.90. The van der Waals surface area contributed by atoms with Crippen LogP contribution in [0.5, 0.6) is 5.75 Å². The molecule has 0 amide bonds. The van der Waals surface area contributed by atoms with Crippen LogP contribution in [0.2, 0.25) is 10.0 Å². The van der Waals surface area contributed by atoms with Crippen LogP contribution < -0.4 is 10.0 Å². The molecule has 32 heavy (non-hydrogen) atoms. The lowest BCUT2D eigenvalue weighted by atomic mass is 9.84. The lowest BCUT2D eigenvalue weighted by molar-refractivity contribution is -0.0500. The molecule has 0 saturated carbocycles. The maximum atomic E-state index is 12.6. The van der Waals surface area contributed by atoms with E-state index < -0.39 is 27.3 Å². The number of benzene rings is 3. The van der Waals surface area contributed by atoms with Gasteiger partial charge in [0.1, 0.15) is 5.75 Å². The second-order valence-electron chi connectivity index (χ2n) is 6.56. The van der Waals surface area contributed by atoms with Gasteiger partial charge in [-0.05, 0) is 47.5 Å². The van der Waals surface area contributed by atoms with Crippen LogP contribution in [0.4, 0.5) is 13.2 Å². The molecule has 2 N–H and O–H groups in total. The van der Waals surface area contributed by atoms with Crippen LogP contribution in [0.25, 0.3) is 0 Å². The first-order valence-corrected chi connectivity index (χ1v) is 11.1. The standard InChI is InChI=1S/C21H15Cl2F3N2O3S/c22-16-8-4-13(5-9-16)19(20(28-27)15-2-1-3-17(23)12-15)14-6-10-18(11-7-14)31-32(29,30)21(24,25)26/h1-12,19H,27H2. The van der Waals surface area contributed by atoms with Gasteiger partial charge in [0.25, 0.3) is 0 Å². The predicted octanol–water partition coefficient (Wildman–Crippen LogP) is 5.72. The van der Waals surface area contributed by atoms with Gasteiger partial charge >= 0.3 is 15.6 Å². The van der Waals surface area contributed by atoms with Crippen molar-refractivity contribution in [1.82, 2.24) is 0 Å². The number of rotatable bonds is 6. The van der Waals surface area contributed by atoms with Gasteiger partial charge < -0.3 is 10.0 Å². The molecule has 11 heteroatoms. The van der Waals surface area contributed by atoms with Crippen LogP contribution >= 0.6 is 23.2 Å². The first-order chi connectivity index (χ1) is 15.0. The largest absolute Gasteiger partial charge is 0.534 e. The third-order valence-corrected chi connectivity index (χ3v) is 5.90. The smallest absolute Gasteiger partial charge is 0.376 e. The zero-order chi connectivity index (χ0) is 23.5. The number of halogens is 5. The van der Waals surface area contributed by atoms with E-state index in [2.05, 4.69) is 9.28 Å². The van der Waals surface area contributed by atoms with Crippen molar-refractivity contribution >= 4 is 39.0 Å². The zero-order valence-corrected chi connectivity index (χ0v) is 18.4. The molecule has 0 saturated heterocycles. The topological polar surface area (TPSA) is 81.8 Å². The van der Waals surface area contributed by atoms with Crippen molar-refractivity contribution in [3.05, 3.63) is 99.5 Å². The fraction of sp³-hybridized carbons (Fsp3) is 0.0952. The van der Waals surface area contributed by atoms with Gasteiger partial charge in [-0.1, -0.05) is 59.6 Å². The highest BCUT2D eigenvalue weighted by molar-refractivity contribution is 7.88. The summed E-state index contributed by atoms with van der Waals surface area (Å²) in [5.74, 6) is 4.65. The molecule has 3 aromatic carbocycles. The number of nitrogens with two attached hydrogens (primary N) is 1. The van der Waals surface area contributed by atoms with E-state index in [0.717, 1.165) is 17.7 Å². The van der Waals surface area contributed by atoms with Crippen LogP contribution in [0.3, 0.4) is 0 Å². The van der Waals surface area contributed by atoms with E-state index in [1.165, 1.54) is 12.1 Å². The van der Waals surface area contributed by atoms with Gasteiger partial charge in [0.15, 0.2) is 0 Å². The van der Waals surface area contributed by atoms with Crippen molar-refractivity contribution in [2.45, 2.75) is 11.4 Å². The van der Waals surface area contributed by atoms with E-state index in [1.807, 2.05) is 0 Å². The second-order valence-corrected chi connectivity index (χ2v) is 8.97. The van der Waals surface area contributed by atoms with Gasteiger partial charge in [-0.25, -0.2) is 0 Å². The molecule has 3 aromatic rings. The van der Waals surface area contributed by atoms with Crippen LogP contribution in [-0.4, -0.2) is 19.6 Å². The third-order valence-electron chi connectivity index (χ3n) is 4.44. The molecule has 0 heterocycles. The lowest BCUT2D eigenvalue weighted by Gasteiger charge is -2.21. The molecule has 168 valence electrons. The maximum absolute atomic E-state index is 12.6. The highest BCUT2D eigenvalue weighted by Crippen LogP contribution is 2.33. The van der Waals surface area contributed by atoms with E-state index in [4.69, 9.17) is 29.0 Å². The first kappa shape index (κ1) is 23.9. The highest BCUT2D eigenvalue weighted by Gasteiger charge is 2.48. The fourth-order valence-electron chi connectivity index (χ4n) is 3.02. The van der Waals surface area contributed by atoms with Gasteiger partial charge in [0, 0.05) is 15.6 Å². The molecule has 1 atom stereocenters. The predicted molar refractivity (Wildman–Crippen MR) is 118 cm³/mol. The van der Waals surface area contributed by atoms with E-state index in [-0.39, 0.29) is 0 Å². The zero-order valence-electron chi connectivity index (χ0n) is 16.1. The van der Waals surface area contributed by atoms with Crippen molar-refractivity contribution in [3.8, 4) is 5.75 Å². The summed E-state index contributed by atoms with van der Waals surface area (Å²) in [4.78, 5) is 0. The summed E-state index contributed by atoms with van der Waals surface area (Å²) in [6, 6.07) is 18.8. The van der Waals surface area contributed by atoms with Crippen LogP contribution in [-0.2, 0) is 10.1 Å². The van der Waals surface area contributed by atoms with Gasteiger partial charge in [0.05, 0.1) is 11.6 Å². The average Bonchev–Trinajstić information content (AvgIpc) is 2.72. The van der Waals surface area contributed by atoms with Crippen molar-refractivity contribution in [2.24, 2.45) is 10.9 Å². The van der Waals surface area contributed by atoms with E-state index in [9.17, 15) is 21.6 Å². The Morgan fingerprint density at radius 2 is 1.47 bits per heavy atom. The molecule has 0 spiro atoms. The van der Waals surface area contributed by atoms with Crippen molar-refractivity contribution in [2.75, 3.05) is 0 Å². The Kier molecular flexibility index (Phi) is 7.02. The summed E-state index contributed by atoms with van der Waals surface area (Å²) in [6.45, 7) is 0. The number of hydrogen-bond acceptors (Lipinski definition) is 5. The van der Waals surface area contributed by atoms with Crippen molar-refractivity contribution < 1.29 is 25.8 Å². The van der Waals surface area contributed by atoms with Crippen LogP contribution in [0.1, 0.15) is 22.6 Å². The second kappa shape index (κ2) is 9.40. The molecular formula is C21H15Cl2F3N2O3S. The Morgan fingerprint density at radius 3 is 1.97 bits per heavy atom. The van der Waals surface area contributed by atoms with Gasteiger partial charge in [-0.15, -0.1) is 0 Å². The number of nitrogens with zero attached hydrogens (tertiary/aromatic N) is 1. The molecule has 0 aromatic heterocycles. The van der Waals surface area contributed by atoms with E-state index in [0.29, 0.717) is 26.9 Å². The molecule has 0 aliphatic rings. The van der Waals surface area contributed by atoms with Gasteiger partial charge in [-0.3, -0.25) is 0 Å². The monoisotopic (exact) mass is 502 g/mol. The molecule has 1 unspecified atom stereocenters. The molecule has 0 radical (unpaired) electrons. The molecule has 0 aliphatic carbocycles. The minimum atomic E-state index is -5.78. The third kappa shape index (κ3) is 5.35. The molecular weight excluding hydrogens is 488 g/mol. The Balaban J connectivity index is 2.05. The number of alkyl halides is 3. The number of hydrazone groups is 1. The SMILES string of the molecule is NN=C(c1cccc(Cl)c1)C(c1ccc(Cl)cc1)c1ccc(OS(=O)(=O)C(F)(F)F)cc1. The molecule has 3 rings (SSSR count). The summed E-state index contributed by atoms with van der Waals surface area (Å²) in [6.07, 6.45) is 0. The van der Waals surface area contributed by atoms with Crippen molar-refractivity contribution in [3.63, 3.8) is 0 Å². The minimum absolute atomic E-state index is 0.423. The summed E-state index contributed by atoms with van der Waals surface area (Å²) >= 11 is 12.1. The fourth-order valence-corrected chi connectivity index (χ4v) is 3.79. The van der Waals surface area contributed by atoms with Gasteiger partial charge in [-0.2, -0.15) is 26.7 Å². The Bertz CT molecular complexity index is 1230.